The predicted molar refractivity (Wildman–Crippen MR) is 112 cm³/mol. The van der Waals surface area contributed by atoms with Crippen LogP contribution in [0.3, 0.4) is 0 Å². The maximum atomic E-state index is 11.5. The minimum atomic E-state index is -0.981. The highest BCUT2D eigenvalue weighted by molar-refractivity contribution is 5.69. The van der Waals surface area contributed by atoms with Gasteiger partial charge in [-0.05, 0) is 19.0 Å². The molecule has 2 rings (SSSR count). The zero-order valence-electron chi connectivity index (χ0n) is 17.7. The number of ether oxygens (including phenoxy) is 1. The number of non-ortho nitro benzene ring substituents is 1. The predicted octanol–water partition coefficient (Wildman–Crippen LogP) is 0.241. The van der Waals surface area contributed by atoms with Crippen LogP contribution in [0.1, 0.15) is 5.56 Å². The number of hydrogen-bond donors (Lipinski definition) is 2. The molecule has 0 saturated carbocycles. The Hall–Kier alpha value is -2.60. The van der Waals surface area contributed by atoms with Gasteiger partial charge in [-0.15, -0.1) is 0 Å². The average Bonchev–Trinajstić information content (AvgIpc) is 2.70. The Labute approximate surface area is 180 Å². The lowest BCUT2D eigenvalue weighted by Crippen LogP contribution is -2.49. The molecular formula is C20H30N4O7. The molecule has 1 fully saturated rings. The van der Waals surface area contributed by atoms with Gasteiger partial charge in [-0.2, -0.15) is 0 Å². The van der Waals surface area contributed by atoms with Crippen molar-refractivity contribution < 1.29 is 29.5 Å². The number of carbonyl (C=O) groups is 2. The van der Waals surface area contributed by atoms with Gasteiger partial charge < -0.3 is 19.8 Å². The SMILES string of the molecule is CN1CCOCC(Cc2ccc([N+](=O)[O-])cc2)N(CC(=O)O)CCN(CC(=O)O)CC1. The topological polar surface area (TPSA) is 137 Å². The van der Waals surface area contributed by atoms with Crippen LogP contribution in [0.15, 0.2) is 24.3 Å². The number of benzene rings is 1. The fourth-order valence-electron chi connectivity index (χ4n) is 3.48. The summed E-state index contributed by atoms with van der Waals surface area (Å²) in [5.74, 6) is -1.91. The summed E-state index contributed by atoms with van der Waals surface area (Å²) >= 11 is 0. The average molecular weight is 438 g/mol. The molecule has 0 amide bonds. The van der Waals surface area contributed by atoms with Gasteiger partial charge >= 0.3 is 11.9 Å². The minimum Gasteiger partial charge on any atom is -0.480 e. The second-order valence-electron chi connectivity index (χ2n) is 7.69. The number of hydrogen-bond acceptors (Lipinski definition) is 8. The number of likely N-dealkylation sites (N-methyl/N-ethyl adjacent to an activating group) is 1. The lowest BCUT2D eigenvalue weighted by molar-refractivity contribution is -0.384. The van der Waals surface area contributed by atoms with Crippen molar-refractivity contribution in [3.05, 3.63) is 39.9 Å². The summed E-state index contributed by atoms with van der Waals surface area (Å²) in [6.45, 7) is 3.13. The molecule has 0 aliphatic carbocycles. The highest BCUT2D eigenvalue weighted by atomic mass is 16.6. The third-order valence-electron chi connectivity index (χ3n) is 5.26. The molecule has 1 heterocycles. The number of aliphatic carboxylic acids is 2. The standard InChI is InChI=1S/C20H30N4O7/c1-21-6-7-22(13-19(25)26)8-9-23(14-20(27)28)18(15-31-11-10-21)12-16-2-4-17(5-3-16)24(29)30/h2-5,18H,6-15H2,1H3,(H,25,26)(H,27,28). The molecule has 0 radical (unpaired) electrons. The second-order valence-corrected chi connectivity index (χ2v) is 7.69. The Balaban J connectivity index is 2.19. The van der Waals surface area contributed by atoms with E-state index in [1.807, 2.05) is 7.05 Å². The molecule has 1 unspecified atom stereocenters. The van der Waals surface area contributed by atoms with E-state index < -0.39 is 16.9 Å². The lowest BCUT2D eigenvalue weighted by atomic mass is 10.0. The van der Waals surface area contributed by atoms with E-state index in [0.717, 1.165) is 5.56 Å². The Morgan fingerprint density at radius 3 is 2.32 bits per heavy atom. The van der Waals surface area contributed by atoms with Gasteiger partial charge in [0.05, 0.1) is 31.2 Å². The van der Waals surface area contributed by atoms with Crippen LogP contribution in [-0.4, -0.2) is 114 Å². The number of nitro groups is 1. The molecule has 11 nitrogen and oxygen atoms in total. The third kappa shape index (κ3) is 8.97. The normalized spacial score (nSPS) is 20.5. The van der Waals surface area contributed by atoms with Crippen LogP contribution in [-0.2, 0) is 20.7 Å². The molecule has 2 N–H and O–H groups in total. The largest absolute Gasteiger partial charge is 0.480 e. The number of carboxylic acids is 2. The first-order chi connectivity index (χ1) is 14.7. The Morgan fingerprint density at radius 1 is 1.06 bits per heavy atom. The first-order valence-electron chi connectivity index (χ1n) is 10.1. The molecule has 1 atom stereocenters. The summed E-state index contributed by atoms with van der Waals surface area (Å²) in [7, 11) is 1.94. The van der Waals surface area contributed by atoms with Crippen LogP contribution in [0.4, 0.5) is 5.69 Å². The molecule has 0 bridgehead atoms. The van der Waals surface area contributed by atoms with E-state index in [-0.39, 0.29) is 24.8 Å². The van der Waals surface area contributed by atoms with Gasteiger partial charge in [0.25, 0.3) is 5.69 Å². The van der Waals surface area contributed by atoms with Crippen molar-refractivity contribution in [1.82, 2.24) is 14.7 Å². The lowest BCUT2D eigenvalue weighted by Gasteiger charge is -2.34. The molecule has 1 aromatic carbocycles. The van der Waals surface area contributed by atoms with E-state index in [1.54, 1.807) is 21.9 Å². The molecule has 1 aliphatic heterocycles. The molecule has 172 valence electrons. The van der Waals surface area contributed by atoms with E-state index in [4.69, 9.17) is 4.74 Å². The van der Waals surface area contributed by atoms with Crippen molar-refractivity contribution in [2.45, 2.75) is 12.5 Å². The molecule has 1 aromatic rings. The fourth-order valence-corrected chi connectivity index (χ4v) is 3.48. The van der Waals surface area contributed by atoms with Gasteiger partial charge in [-0.1, -0.05) is 12.1 Å². The zero-order chi connectivity index (χ0) is 22.8. The van der Waals surface area contributed by atoms with Crippen molar-refractivity contribution in [3.63, 3.8) is 0 Å². The number of carboxylic acid groups (broad SMARTS) is 2. The summed E-state index contributed by atoms with van der Waals surface area (Å²) in [5.41, 5.74) is 0.828. The van der Waals surface area contributed by atoms with Crippen molar-refractivity contribution >= 4 is 17.6 Å². The summed E-state index contributed by atoms with van der Waals surface area (Å²) in [4.78, 5) is 38.8. The molecule has 0 spiro atoms. The Bertz CT molecular complexity index is 744. The highest BCUT2D eigenvalue weighted by Crippen LogP contribution is 2.16. The van der Waals surface area contributed by atoms with E-state index in [0.29, 0.717) is 52.4 Å². The van der Waals surface area contributed by atoms with E-state index >= 15 is 0 Å². The highest BCUT2D eigenvalue weighted by Gasteiger charge is 2.24. The van der Waals surface area contributed by atoms with Crippen LogP contribution in [0.25, 0.3) is 0 Å². The van der Waals surface area contributed by atoms with Crippen LogP contribution < -0.4 is 0 Å². The van der Waals surface area contributed by atoms with Crippen molar-refractivity contribution in [3.8, 4) is 0 Å². The fraction of sp³-hybridized carbons (Fsp3) is 0.600. The van der Waals surface area contributed by atoms with Crippen molar-refractivity contribution in [2.75, 3.05) is 66.1 Å². The summed E-state index contributed by atoms with van der Waals surface area (Å²) in [6.07, 6.45) is 0.458. The van der Waals surface area contributed by atoms with Crippen LogP contribution >= 0.6 is 0 Å². The Morgan fingerprint density at radius 2 is 1.71 bits per heavy atom. The van der Waals surface area contributed by atoms with E-state index in [9.17, 15) is 29.9 Å². The monoisotopic (exact) mass is 438 g/mol. The minimum absolute atomic E-state index is 0.00608. The van der Waals surface area contributed by atoms with Gasteiger partial charge in [0.2, 0.25) is 0 Å². The van der Waals surface area contributed by atoms with Crippen LogP contribution in [0.2, 0.25) is 0 Å². The first-order valence-corrected chi connectivity index (χ1v) is 10.1. The number of rotatable bonds is 7. The van der Waals surface area contributed by atoms with E-state index in [1.165, 1.54) is 12.1 Å². The molecule has 31 heavy (non-hydrogen) atoms. The van der Waals surface area contributed by atoms with Gasteiger partial charge in [0, 0.05) is 50.9 Å². The van der Waals surface area contributed by atoms with Gasteiger partial charge in [-0.25, -0.2) is 0 Å². The summed E-state index contributed by atoms with van der Waals surface area (Å²) < 4.78 is 5.83. The Kier molecular flexibility index (Phi) is 9.79. The van der Waals surface area contributed by atoms with Crippen LogP contribution in [0.5, 0.6) is 0 Å². The molecular weight excluding hydrogens is 408 g/mol. The van der Waals surface area contributed by atoms with Gasteiger partial charge in [-0.3, -0.25) is 29.5 Å². The smallest absolute Gasteiger partial charge is 0.317 e. The maximum Gasteiger partial charge on any atom is 0.317 e. The second kappa shape index (κ2) is 12.3. The molecule has 0 aromatic heterocycles. The molecule has 11 heteroatoms. The van der Waals surface area contributed by atoms with Gasteiger partial charge in [0.1, 0.15) is 0 Å². The van der Waals surface area contributed by atoms with Crippen LogP contribution in [0, 0.1) is 10.1 Å². The number of nitro benzene ring substituents is 1. The summed E-state index contributed by atoms with van der Waals surface area (Å²) in [6, 6.07) is 5.91. The van der Waals surface area contributed by atoms with Crippen molar-refractivity contribution in [2.24, 2.45) is 0 Å². The molecule has 1 aliphatic rings. The van der Waals surface area contributed by atoms with Gasteiger partial charge in [0.15, 0.2) is 0 Å². The summed E-state index contributed by atoms with van der Waals surface area (Å²) in [5, 5.41) is 29.5. The quantitative estimate of drug-likeness (QED) is 0.450. The van der Waals surface area contributed by atoms with E-state index in [2.05, 4.69) is 4.90 Å². The zero-order valence-corrected chi connectivity index (χ0v) is 17.7. The third-order valence-corrected chi connectivity index (χ3v) is 5.26. The first kappa shape index (κ1) is 24.7. The maximum absolute atomic E-state index is 11.5. The molecule has 1 saturated heterocycles. The number of nitrogens with zero attached hydrogens (tertiary/aromatic N) is 4. The van der Waals surface area contributed by atoms with Crippen molar-refractivity contribution in [1.29, 1.82) is 0 Å².